The summed E-state index contributed by atoms with van der Waals surface area (Å²) in [5.41, 5.74) is -1.87. The number of aliphatic hydroxyl groups excluding tert-OH is 1. The lowest BCUT2D eigenvalue weighted by atomic mass is 9.87. The van der Waals surface area contributed by atoms with E-state index < -0.39 is 71.2 Å². The Morgan fingerprint density at radius 3 is 2.54 bits per heavy atom. The van der Waals surface area contributed by atoms with Crippen molar-refractivity contribution in [2.75, 3.05) is 7.11 Å². The number of hydrogen-bond donors (Lipinski definition) is 4. The summed E-state index contributed by atoms with van der Waals surface area (Å²) in [7, 11) is 1.65. The molecule has 0 spiro atoms. The lowest BCUT2D eigenvalue weighted by molar-refractivity contribution is -0.157. The Balaban J connectivity index is 1.88. The molecule has 2 aliphatic heterocycles. The molecule has 1 aromatic carbocycles. The molecule has 2 aliphatic rings. The first kappa shape index (κ1) is 41.4. The molecule has 1 aromatic rings. The van der Waals surface area contributed by atoms with E-state index in [1.807, 2.05) is 13.8 Å². The molecule has 0 amide bonds. The van der Waals surface area contributed by atoms with Crippen molar-refractivity contribution < 1.29 is 52.6 Å². The van der Waals surface area contributed by atoms with E-state index in [2.05, 4.69) is 5.32 Å². The monoisotopic (exact) mass is 707 g/mol. The number of hydrogen-bond acceptors (Lipinski definition) is 10. The number of allylic oxidation sites excluding steroid dienone is 2. The largest absolute Gasteiger partial charge is 0.457 e. The molecule has 11 atom stereocenters. The van der Waals surface area contributed by atoms with Crippen LogP contribution < -0.4 is 5.32 Å². The average molecular weight is 708 g/mol. The van der Waals surface area contributed by atoms with E-state index in [-0.39, 0.29) is 43.9 Å². The Morgan fingerprint density at radius 1 is 1.22 bits per heavy atom. The first-order valence-electron chi connectivity index (χ1n) is 17.3. The second kappa shape index (κ2) is 18.0. The molecule has 1 fully saturated rings. The van der Waals surface area contributed by atoms with E-state index in [1.54, 1.807) is 58.3 Å². The van der Waals surface area contributed by atoms with E-state index in [4.69, 9.17) is 18.9 Å². The van der Waals surface area contributed by atoms with Crippen LogP contribution in [0.3, 0.4) is 0 Å². The molecule has 0 radical (unpaired) electrons. The Bertz CT molecular complexity index is 1390. The fraction of sp³-hybridized carbons (Fsp3) is 0.632. The standard InChI is InChI=1S/C38H55F2NO9/c1-9-30(47-8)24(4)34-35(50-34)36(41-21-26-13-14-28(39)29(40)19-26)38(7,46)17-10-11-22(2)33-23(3)12-15-31(48-25(5)42)37(6,45)18-16-27(43)20-32(44)49-33/h10-15,17,19,23-24,27,30-31,33-36,41,43,45-46H,9,16,18,20-21H2,1-8H3/t23-,24+,27+,30-,31-,33?,34+,35-,36?,37+,38?/m0/s1. The molecule has 0 aromatic heterocycles. The van der Waals surface area contributed by atoms with Crippen molar-refractivity contribution >= 4 is 11.9 Å². The second-order valence-electron chi connectivity index (χ2n) is 14.1. The smallest absolute Gasteiger partial charge is 0.309 e. The van der Waals surface area contributed by atoms with Crippen LogP contribution in [0.5, 0.6) is 0 Å². The number of nitrogens with one attached hydrogen (secondary N) is 1. The maximum absolute atomic E-state index is 14.0. The highest BCUT2D eigenvalue weighted by Gasteiger charge is 2.54. The van der Waals surface area contributed by atoms with Gasteiger partial charge in [0.05, 0.1) is 36.4 Å². The minimum absolute atomic E-state index is 0.0254. The van der Waals surface area contributed by atoms with E-state index in [0.29, 0.717) is 11.1 Å². The minimum Gasteiger partial charge on any atom is -0.457 e. The summed E-state index contributed by atoms with van der Waals surface area (Å²) in [4.78, 5) is 24.7. The number of benzene rings is 1. The zero-order valence-corrected chi connectivity index (χ0v) is 30.4. The molecule has 1 saturated heterocycles. The lowest BCUT2D eigenvalue weighted by Crippen LogP contribution is -2.52. The highest BCUT2D eigenvalue weighted by Crippen LogP contribution is 2.39. The molecule has 0 saturated carbocycles. The van der Waals surface area contributed by atoms with E-state index in [0.717, 1.165) is 18.6 Å². The summed E-state index contributed by atoms with van der Waals surface area (Å²) in [5.74, 6) is -3.51. The van der Waals surface area contributed by atoms with Crippen molar-refractivity contribution in [3.63, 3.8) is 0 Å². The zero-order valence-electron chi connectivity index (χ0n) is 30.4. The van der Waals surface area contributed by atoms with Gasteiger partial charge in [-0.05, 0) is 69.4 Å². The molecule has 0 bridgehead atoms. The van der Waals surface area contributed by atoms with Crippen LogP contribution in [0.25, 0.3) is 0 Å². The van der Waals surface area contributed by atoms with Crippen LogP contribution in [0.1, 0.15) is 79.7 Å². The molecular weight excluding hydrogens is 652 g/mol. The Morgan fingerprint density at radius 2 is 1.92 bits per heavy atom. The van der Waals surface area contributed by atoms with E-state index in [1.165, 1.54) is 19.9 Å². The quantitative estimate of drug-likeness (QED) is 0.0973. The summed E-state index contributed by atoms with van der Waals surface area (Å²) in [6, 6.07) is 2.98. The topological polar surface area (TPSA) is 147 Å². The van der Waals surface area contributed by atoms with Gasteiger partial charge in [-0.1, -0.05) is 51.1 Å². The summed E-state index contributed by atoms with van der Waals surface area (Å²) < 4.78 is 50.4. The molecule has 3 unspecified atom stereocenters. The number of aliphatic hydroxyl groups is 3. The van der Waals surface area contributed by atoms with Gasteiger partial charge in [-0.15, -0.1) is 0 Å². The number of epoxide rings is 1. The number of carbonyl (C=O) groups excluding carboxylic acids is 2. The molecule has 0 aliphatic carbocycles. The number of carbonyl (C=O) groups is 2. The molecule has 50 heavy (non-hydrogen) atoms. The first-order valence-corrected chi connectivity index (χ1v) is 17.3. The summed E-state index contributed by atoms with van der Waals surface area (Å²) in [6.45, 7) is 12.1. The number of cyclic esters (lactones) is 1. The predicted molar refractivity (Wildman–Crippen MR) is 184 cm³/mol. The fourth-order valence-corrected chi connectivity index (χ4v) is 6.55. The maximum Gasteiger partial charge on any atom is 0.309 e. The first-order chi connectivity index (χ1) is 23.4. The van der Waals surface area contributed by atoms with Crippen molar-refractivity contribution in [1.82, 2.24) is 5.32 Å². The Hall–Kier alpha value is -3.00. The van der Waals surface area contributed by atoms with Crippen LogP contribution in [0.2, 0.25) is 0 Å². The van der Waals surface area contributed by atoms with Gasteiger partial charge in [-0.2, -0.15) is 0 Å². The van der Waals surface area contributed by atoms with Crippen molar-refractivity contribution in [3.05, 3.63) is 71.4 Å². The van der Waals surface area contributed by atoms with Gasteiger partial charge in [-0.3, -0.25) is 9.59 Å². The van der Waals surface area contributed by atoms with Gasteiger partial charge in [-0.25, -0.2) is 8.78 Å². The van der Waals surface area contributed by atoms with E-state index in [9.17, 15) is 33.7 Å². The molecule has 2 heterocycles. The average Bonchev–Trinajstić information content (AvgIpc) is 3.82. The number of esters is 2. The lowest BCUT2D eigenvalue weighted by Gasteiger charge is -2.32. The van der Waals surface area contributed by atoms with Crippen LogP contribution >= 0.6 is 0 Å². The number of rotatable bonds is 13. The molecule has 3 rings (SSSR count). The Labute approximate surface area is 294 Å². The second-order valence-corrected chi connectivity index (χ2v) is 14.1. The minimum atomic E-state index is -1.50. The number of methoxy groups -OCH3 is 1. The maximum atomic E-state index is 14.0. The van der Waals surface area contributed by atoms with Gasteiger partial charge < -0.3 is 39.6 Å². The van der Waals surface area contributed by atoms with Crippen LogP contribution in [0.4, 0.5) is 8.78 Å². The van der Waals surface area contributed by atoms with Gasteiger partial charge in [0.2, 0.25) is 0 Å². The van der Waals surface area contributed by atoms with Crippen LogP contribution in [-0.4, -0.2) is 88.2 Å². The molecule has 12 heteroatoms. The third-order valence-corrected chi connectivity index (χ3v) is 9.70. The van der Waals surface area contributed by atoms with Crippen molar-refractivity contribution in [2.45, 2.75) is 135 Å². The summed E-state index contributed by atoms with van der Waals surface area (Å²) in [6.07, 6.45) is 5.35. The molecule has 4 N–H and O–H groups in total. The zero-order chi connectivity index (χ0) is 37.4. The SMILES string of the molecule is CC[C@H](OC)[C@@H](C)[C@H]1O[C@@H]1C(NCc1ccc(F)c(F)c1)C(C)(O)C=CC=C(C)C1OC(=O)C[C@H](O)CC[C@@](C)(O)[C@@H](OC(C)=O)C=C[C@@H]1C. The highest BCUT2D eigenvalue weighted by atomic mass is 19.2. The fourth-order valence-electron chi connectivity index (χ4n) is 6.55. The van der Waals surface area contributed by atoms with Gasteiger partial charge in [0, 0.05) is 32.4 Å². The van der Waals surface area contributed by atoms with E-state index >= 15 is 0 Å². The van der Waals surface area contributed by atoms with Crippen LogP contribution in [0.15, 0.2) is 54.2 Å². The van der Waals surface area contributed by atoms with Crippen LogP contribution in [0, 0.1) is 23.5 Å². The number of ether oxygens (including phenoxy) is 4. The summed E-state index contributed by atoms with van der Waals surface area (Å²) in [5, 5.41) is 36.7. The normalized spacial score (nSPS) is 31.1. The van der Waals surface area contributed by atoms with Gasteiger partial charge in [0.25, 0.3) is 0 Å². The molecule has 10 nitrogen and oxygen atoms in total. The molecular formula is C38H55F2NO9. The predicted octanol–water partition coefficient (Wildman–Crippen LogP) is 4.84. The van der Waals surface area contributed by atoms with Crippen LogP contribution in [-0.2, 0) is 35.1 Å². The highest BCUT2D eigenvalue weighted by molar-refractivity contribution is 5.70. The van der Waals surface area contributed by atoms with Gasteiger partial charge in [0.1, 0.15) is 23.9 Å². The van der Waals surface area contributed by atoms with Crippen molar-refractivity contribution in [2.24, 2.45) is 11.8 Å². The third-order valence-electron chi connectivity index (χ3n) is 9.70. The van der Waals surface area contributed by atoms with Gasteiger partial charge in [0.15, 0.2) is 11.6 Å². The van der Waals surface area contributed by atoms with Crippen molar-refractivity contribution in [1.29, 1.82) is 0 Å². The third kappa shape index (κ3) is 11.5. The Kier molecular flexibility index (Phi) is 14.9. The number of halogens is 2. The molecule has 280 valence electrons. The van der Waals surface area contributed by atoms with Gasteiger partial charge >= 0.3 is 11.9 Å². The summed E-state index contributed by atoms with van der Waals surface area (Å²) >= 11 is 0. The van der Waals surface area contributed by atoms with Crippen molar-refractivity contribution in [3.8, 4) is 0 Å².